The van der Waals surface area contributed by atoms with Gasteiger partial charge in [-0.05, 0) is 48.9 Å². The number of benzene rings is 1. The Morgan fingerprint density at radius 1 is 0.926 bits per heavy atom. The van der Waals surface area contributed by atoms with Crippen LogP contribution in [0.5, 0.6) is 0 Å². The van der Waals surface area contributed by atoms with E-state index < -0.39 is 0 Å². The highest BCUT2D eigenvalue weighted by molar-refractivity contribution is 6.07. The molecule has 1 amide bonds. The Hall–Kier alpha value is -3.60. The van der Waals surface area contributed by atoms with Gasteiger partial charge in [-0.2, -0.15) is 0 Å². The van der Waals surface area contributed by atoms with Crippen molar-refractivity contribution >= 4 is 16.8 Å². The average molecular weight is 354 g/mol. The van der Waals surface area contributed by atoms with Gasteiger partial charge in [0.1, 0.15) is 0 Å². The molecule has 3 aromatic heterocycles. The maximum atomic E-state index is 13.1. The molecule has 0 unspecified atom stereocenters. The minimum atomic E-state index is -0.143. The van der Waals surface area contributed by atoms with Crippen molar-refractivity contribution < 1.29 is 4.79 Å². The highest BCUT2D eigenvalue weighted by Gasteiger charge is 2.16. The molecular weight excluding hydrogens is 336 g/mol. The third-order valence-corrected chi connectivity index (χ3v) is 4.44. The molecule has 4 rings (SSSR count). The largest absolute Gasteiger partial charge is 0.345 e. The van der Waals surface area contributed by atoms with E-state index in [1.165, 1.54) is 0 Å². The van der Waals surface area contributed by atoms with Crippen molar-refractivity contribution in [3.63, 3.8) is 0 Å². The van der Waals surface area contributed by atoms with Crippen molar-refractivity contribution in [2.75, 3.05) is 0 Å². The van der Waals surface area contributed by atoms with Crippen LogP contribution >= 0.6 is 0 Å². The lowest BCUT2D eigenvalue weighted by Crippen LogP contribution is -2.27. The fourth-order valence-electron chi connectivity index (χ4n) is 3.02. The van der Waals surface area contributed by atoms with Crippen LogP contribution in [0.2, 0.25) is 0 Å². The molecule has 27 heavy (non-hydrogen) atoms. The number of amides is 1. The van der Waals surface area contributed by atoms with E-state index in [0.29, 0.717) is 11.3 Å². The van der Waals surface area contributed by atoms with E-state index in [0.717, 1.165) is 22.2 Å². The number of para-hydroxylation sites is 1. The van der Waals surface area contributed by atoms with Gasteiger partial charge in [-0.1, -0.05) is 24.3 Å². The summed E-state index contributed by atoms with van der Waals surface area (Å²) in [5.41, 5.74) is 3.77. The molecule has 0 radical (unpaired) electrons. The molecule has 5 heteroatoms. The number of carbonyl (C=O) groups excluding carboxylic acids is 1. The molecule has 132 valence electrons. The van der Waals surface area contributed by atoms with E-state index in [2.05, 4.69) is 20.3 Å². The molecule has 5 nitrogen and oxygen atoms in total. The van der Waals surface area contributed by atoms with Gasteiger partial charge in [0.25, 0.3) is 5.91 Å². The highest BCUT2D eigenvalue weighted by atomic mass is 16.1. The fraction of sp³-hybridized carbons (Fsp3) is 0.0909. The zero-order valence-electron chi connectivity index (χ0n) is 14.8. The van der Waals surface area contributed by atoms with E-state index in [4.69, 9.17) is 0 Å². The molecule has 1 aromatic carbocycles. The van der Waals surface area contributed by atoms with Crippen LogP contribution in [0.1, 0.15) is 28.9 Å². The number of hydrogen-bond donors (Lipinski definition) is 1. The molecule has 3 heterocycles. The monoisotopic (exact) mass is 354 g/mol. The Morgan fingerprint density at radius 3 is 2.48 bits per heavy atom. The third kappa shape index (κ3) is 3.53. The molecule has 0 aliphatic heterocycles. The second-order valence-electron chi connectivity index (χ2n) is 6.26. The zero-order chi connectivity index (χ0) is 18.6. The molecule has 0 aliphatic rings. The van der Waals surface area contributed by atoms with Crippen molar-refractivity contribution in [3.05, 3.63) is 90.4 Å². The fourth-order valence-corrected chi connectivity index (χ4v) is 3.02. The average Bonchev–Trinajstić information content (AvgIpc) is 2.74. The molecule has 1 atom stereocenters. The predicted molar refractivity (Wildman–Crippen MR) is 105 cm³/mol. The van der Waals surface area contributed by atoms with E-state index in [1.807, 2.05) is 61.5 Å². The summed E-state index contributed by atoms with van der Waals surface area (Å²) in [6.07, 6.45) is 5.16. The summed E-state index contributed by atoms with van der Waals surface area (Å²) >= 11 is 0. The standard InChI is InChI=1S/C22H18N4O/c1-15(16-9-12-23-13-10-16)25-22(27)18-14-21(20-8-4-5-11-24-20)26-19-7-3-2-6-17(18)19/h2-15H,1H3,(H,25,27)/t15-/m1/s1. The van der Waals surface area contributed by atoms with Crippen LogP contribution in [0, 0.1) is 0 Å². The maximum Gasteiger partial charge on any atom is 0.252 e. The van der Waals surface area contributed by atoms with E-state index in [1.54, 1.807) is 24.7 Å². The summed E-state index contributed by atoms with van der Waals surface area (Å²) < 4.78 is 0. The Bertz CT molecular complexity index is 1080. The van der Waals surface area contributed by atoms with E-state index in [-0.39, 0.29) is 11.9 Å². The normalized spacial score (nSPS) is 11.9. The van der Waals surface area contributed by atoms with Gasteiger partial charge in [0.15, 0.2) is 0 Å². The number of hydrogen-bond acceptors (Lipinski definition) is 4. The summed E-state index contributed by atoms with van der Waals surface area (Å²) in [4.78, 5) is 26.1. The van der Waals surface area contributed by atoms with Gasteiger partial charge < -0.3 is 5.32 Å². The zero-order valence-corrected chi connectivity index (χ0v) is 14.8. The van der Waals surface area contributed by atoms with Crippen molar-refractivity contribution in [1.29, 1.82) is 0 Å². The molecular formula is C22H18N4O. The summed E-state index contributed by atoms with van der Waals surface area (Å²) in [5.74, 6) is -0.143. The van der Waals surface area contributed by atoms with Crippen molar-refractivity contribution in [2.24, 2.45) is 0 Å². The molecule has 0 saturated carbocycles. The number of carbonyl (C=O) groups is 1. The van der Waals surface area contributed by atoms with Gasteiger partial charge in [0, 0.05) is 24.0 Å². The predicted octanol–water partition coefficient (Wildman–Crippen LogP) is 4.18. The second kappa shape index (κ2) is 7.33. The number of pyridine rings is 3. The molecule has 0 saturated heterocycles. The van der Waals surface area contributed by atoms with Gasteiger partial charge in [-0.25, -0.2) is 4.98 Å². The van der Waals surface area contributed by atoms with Gasteiger partial charge in [-0.15, -0.1) is 0 Å². The highest BCUT2D eigenvalue weighted by Crippen LogP contribution is 2.24. The van der Waals surface area contributed by atoms with Crippen molar-refractivity contribution in [2.45, 2.75) is 13.0 Å². The van der Waals surface area contributed by atoms with Crippen LogP contribution in [0.3, 0.4) is 0 Å². The van der Waals surface area contributed by atoms with Crippen molar-refractivity contribution in [3.8, 4) is 11.4 Å². The topological polar surface area (TPSA) is 67.8 Å². The number of rotatable bonds is 4. The summed E-state index contributed by atoms with van der Waals surface area (Å²) in [7, 11) is 0. The second-order valence-corrected chi connectivity index (χ2v) is 6.26. The van der Waals surface area contributed by atoms with Crippen LogP contribution in [0.15, 0.2) is 79.3 Å². The Balaban J connectivity index is 1.74. The van der Waals surface area contributed by atoms with Gasteiger partial charge in [0.2, 0.25) is 0 Å². The smallest absolute Gasteiger partial charge is 0.252 e. The number of aromatic nitrogens is 3. The SMILES string of the molecule is C[C@@H](NC(=O)c1cc(-c2ccccn2)nc2ccccc12)c1ccncc1. The first-order chi connectivity index (χ1) is 13.2. The Labute approximate surface area is 157 Å². The number of fused-ring (bicyclic) bond motifs is 1. The van der Waals surface area contributed by atoms with Gasteiger partial charge in [-0.3, -0.25) is 14.8 Å². The quantitative estimate of drug-likeness (QED) is 0.597. The summed E-state index contributed by atoms with van der Waals surface area (Å²) in [6, 6.07) is 18.8. The minimum absolute atomic E-state index is 0.134. The summed E-state index contributed by atoms with van der Waals surface area (Å²) in [6.45, 7) is 1.95. The first-order valence-electron chi connectivity index (χ1n) is 8.74. The Kier molecular flexibility index (Phi) is 4.58. The summed E-state index contributed by atoms with van der Waals surface area (Å²) in [5, 5.41) is 3.88. The molecule has 4 aromatic rings. The van der Waals surface area contributed by atoms with Crippen LogP contribution in [-0.2, 0) is 0 Å². The molecule has 0 bridgehead atoms. The van der Waals surface area contributed by atoms with Crippen LogP contribution < -0.4 is 5.32 Å². The molecule has 0 fully saturated rings. The lowest BCUT2D eigenvalue weighted by atomic mass is 10.0. The van der Waals surface area contributed by atoms with Crippen LogP contribution in [-0.4, -0.2) is 20.9 Å². The number of nitrogens with one attached hydrogen (secondary N) is 1. The maximum absolute atomic E-state index is 13.1. The lowest BCUT2D eigenvalue weighted by molar-refractivity contribution is 0.0941. The molecule has 0 spiro atoms. The molecule has 0 aliphatic carbocycles. The first-order valence-corrected chi connectivity index (χ1v) is 8.74. The first kappa shape index (κ1) is 16.8. The van der Waals surface area contributed by atoms with Gasteiger partial charge >= 0.3 is 0 Å². The lowest BCUT2D eigenvalue weighted by Gasteiger charge is -2.15. The molecule has 1 N–H and O–H groups in total. The Morgan fingerprint density at radius 2 is 1.70 bits per heavy atom. The van der Waals surface area contributed by atoms with Crippen LogP contribution in [0.4, 0.5) is 0 Å². The van der Waals surface area contributed by atoms with Crippen LogP contribution in [0.25, 0.3) is 22.3 Å². The van der Waals surface area contributed by atoms with Gasteiger partial charge in [0.05, 0.1) is 28.5 Å². The number of nitrogens with zero attached hydrogens (tertiary/aromatic N) is 3. The van der Waals surface area contributed by atoms with E-state index in [9.17, 15) is 4.79 Å². The van der Waals surface area contributed by atoms with E-state index >= 15 is 0 Å². The third-order valence-electron chi connectivity index (χ3n) is 4.44. The van der Waals surface area contributed by atoms with Crippen molar-refractivity contribution in [1.82, 2.24) is 20.3 Å². The minimum Gasteiger partial charge on any atom is -0.345 e.